The standard InChI is InChI=1S/C17H18ClFN2O2/c1-23-16-5-3-2-4-12(16)8-9-20-17(22)11-21-15-7-6-13(18)10-14(15)19/h2-7,10,21H,8-9,11H2,1H3,(H,20,22). The predicted molar refractivity (Wildman–Crippen MR) is 89.6 cm³/mol. The molecule has 0 saturated heterocycles. The van der Waals surface area contributed by atoms with Gasteiger partial charge in [0.15, 0.2) is 0 Å². The van der Waals surface area contributed by atoms with Crippen molar-refractivity contribution in [2.24, 2.45) is 0 Å². The summed E-state index contributed by atoms with van der Waals surface area (Å²) in [5, 5.41) is 5.83. The van der Waals surface area contributed by atoms with Crippen molar-refractivity contribution in [2.45, 2.75) is 6.42 Å². The van der Waals surface area contributed by atoms with Gasteiger partial charge in [0.05, 0.1) is 19.3 Å². The molecule has 2 N–H and O–H groups in total. The highest BCUT2D eigenvalue weighted by Gasteiger charge is 2.06. The quantitative estimate of drug-likeness (QED) is 0.816. The summed E-state index contributed by atoms with van der Waals surface area (Å²) in [4.78, 5) is 11.8. The maximum Gasteiger partial charge on any atom is 0.239 e. The average Bonchev–Trinajstić information content (AvgIpc) is 2.54. The Morgan fingerprint density at radius 2 is 2.04 bits per heavy atom. The number of carbonyl (C=O) groups is 1. The maximum absolute atomic E-state index is 13.6. The number of hydrogen-bond donors (Lipinski definition) is 2. The number of methoxy groups -OCH3 is 1. The molecule has 6 heteroatoms. The second-order valence-corrected chi connectivity index (χ2v) is 5.33. The van der Waals surface area contributed by atoms with Crippen molar-refractivity contribution >= 4 is 23.2 Å². The molecular formula is C17H18ClFN2O2. The van der Waals surface area contributed by atoms with Gasteiger partial charge in [-0.25, -0.2) is 4.39 Å². The van der Waals surface area contributed by atoms with E-state index in [2.05, 4.69) is 10.6 Å². The Morgan fingerprint density at radius 3 is 2.78 bits per heavy atom. The van der Waals surface area contributed by atoms with Gasteiger partial charge in [-0.05, 0) is 36.2 Å². The Balaban J connectivity index is 1.77. The molecule has 0 aliphatic carbocycles. The summed E-state index contributed by atoms with van der Waals surface area (Å²) < 4.78 is 18.8. The summed E-state index contributed by atoms with van der Waals surface area (Å²) in [6, 6.07) is 11.9. The SMILES string of the molecule is COc1ccccc1CCNC(=O)CNc1ccc(Cl)cc1F. The highest BCUT2D eigenvalue weighted by atomic mass is 35.5. The molecule has 0 radical (unpaired) electrons. The fourth-order valence-corrected chi connectivity index (χ4v) is 2.28. The van der Waals surface area contributed by atoms with Crippen molar-refractivity contribution in [3.05, 3.63) is 58.9 Å². The Hall–Kier alpha value is -2.27. The van der Waals surface area contributed by atoms with Gasteiger partial charge in [-0.2, -0.15) is 0 Å². The molecule has 2 rings (SSSR count). The molecule has 0 aromatic heterocycles. The molecule has 0 bridgehead atoms. The topological polar surface area (TPSA) is 50.4 Å². The van der Waals surface area contributed by atoms with Crippen LogP contribution in [0.2, 0.25) is 5.02 Å². The molecule has 0 aliphatic rings. The van der Waals surface area contributed by atoms with E-state index in [0.29, 0.717) is 18.0 Å². The third-order valence-electron chi connectivity index (χ3n) is 3.28. The van der Waals surface area contributed by atoms with Gasteiger partial charge in [-0.1, -0.05) is 29.8 Å². The molecule has 0 saturated carbocycles. The van der Waals surface area contributed by atoms with E-state index in [-0.39, 0.29) is 18.1 Å². The van der Waals surface area contributed by atoms with Crippen LogP contribution in [0.15, 0.2) is 42.5 Å². The molecule has 0 fully saturated rings. The van der Waals surface area contributed by atoms with Gasteiger partial charge >= 0.3 is 0 Å². The summed E-state index contributed by atoms with van der Waals surface area (Å²) in [5.74, 6) is 0.0941. The van der Waals surface area contributed by atoms with Crippen LogP contribution in [-0.4, -0.2) is 26.1 Å². The van der Waals surface area contributed by atoms with Crippen LogP contribution in [0.1, 0.15) is 5.56 Å². The van der Waals surface area contributed by atoms with Crippen LogP contribution < -0.4 is 15.4 Å². The third kappa shape index (κ3) is 5.14. The van der Waals surface area contributed by atoms with E-state index in [1.54, 1.807) is 13.2 Å². The second-order valence-electron chi connectivity index (χ2n) is 4.89. The zero-order valence-corrected chi connectivity index (χ0v) is 13.5. The molecule has 4 nitrogen and oxygen atoms in total. The number of para-hydroxylation sites is 1. The number of nitrogens with one attached hydrogen (secondary N) is 2. The number of halogens is 2. The Kier molecular flexibility index (Phi) is 6.23. The number of benzene rings is 2. The van der Waals surface area contributed by atoms with Gasteiger partial charge in [0.25, 0.3) is 0 Å². The third-order valence-corrected chi connectivity index (χ3v) is 3.51. The van der Waals surface area contributed by atoms with Crippen molar-refractivity contribution in [3.63, 3.8) is 0 Å². The Morgan fingerprint density at radius 1 is 1.26 bits per heavy atom. The van der Waals surface area contributed by atoms with Gasteiger partial charge in [0.2, 0.25) is 5.91 Å². The van der Waals surface area contributed by atoms with E-state index in [1.165, 1.54) is 12.1 Å². The zero-order valence-electron chi connectivity index (χ0n) is 12.7. The van der Waals surface area contributed by atoms with Crippen LogP contribution in [-0.2, 0) is 11.2 Å². The molecule has 2 aromatic carbocycles. The lowest BCUT2D eigenvalue weighted by atomic mass is 10.1. The number of rotatable bonds is 7. The van der Waals surface area contributed by atoms with Crippen molar-refractivity contribution in [1.82, 2.24) is 5.32 Å². The van der Waals surface area contributed by atoms with Crippen LogP contribution in [0.4, 0.5) is 10.1 Å². The second kappa shape index (κ2) is 8.39. The van der Waals surface area contributed by atoms with Crippen LogP contribution in [0.25, 0.3) is 0 Å². The van der Waals surface area contributed by atoms with Crippen LogP contribution in [0.3, 0.4) is 0 Å². The fourth-order valence-electron chi connectivity index (χ4n) is 2.12. The van der Waals surface area contributed by atoms with Gasteiger partial charge in [0.1, 0.15) is 11.6 Å². The van der Waals surface area contributed by atoms with Crippen LogP contribution in [0.5, 0.6) is 5.75 Å². The van der Waals surface area contributed by atoms with Crippen molar-refractivity contribution in [2.75, 3.05) is 25.5 Å². The Labute approximate surface area is 139 Å². The highest BCUT2D eigenvalue weighted by Crippen LogP contribution is 2.19. The maximum atomic E-state index is 13.6. The molecule has 2 aromatic rings. The first-order valence-corrected chi connectivity index (χ1v) is 7.55. The fraction of sp³-hybridized carbons (Fsp3) is 0.235. The van der Waals surface area contributed by atoms with E-state index < -0.39 is 5.82 Å². The minimum absolute atomic E-state index is 0.00945. The lowest BCUT2D eigenvalue weighted by Crippen LogP contribution is -2.31. The van der Waals surface area contributed by atoms with Crippen molar-refractivity contribution < 1.29 is 13.9 Å². The van der Waals surface area contributed by atoms with Gasteiger partial charge in [0, 0.05) is 11.6 Å². The van der Waals surface area contributed by atoms with Crippen LogP contribution in [0, 0.1) is 5.82 Å². The first-order chi connectivity index (χ1) is 11.1. The van der Waals surface area contributed by atoms with Crippen LogP contribution >= 0.6 is 11.6 Å². The Bertz CT molecular complexity index is 679. The van der Waals surface area contributed by atoms with Gasteiger partial charge in [-0.15, -0.1) is 0 Å². The average molecular weight is 337 g/mol. The summed E-state index contributed by atoms with van der Waals surface area (Å²) in [6.07, 6.45) is 0.658. The van der Waals surface area contributed by atoms with E-state index in [0.717, 1.165) is 11.3 Å². The lowest BCUT2D eigenvalue weighted by molar-refractivity contribution is -0.119. The predicted octanol–water partition coefficient (Wildman–Crippen LogP) is 3.26. The smallest absolute Gasteiger partial charge is 0.239 e. The first-order valence-electron chi connectivity index (χ1n) is 7.17. The number of hydrogen-bond acceptors (Lipinski definition) is 3. The van der Waals surface area contributed by atoms with E-state index in [4.69, 9.17) is 16.3 Å². The largest absolute Gasteiger partial charge is 0.496 e. The molecule has 1 amide bonds. The number of carbonyl (C=O) groups excluding carboxylic acids is 1. The normalized spacial score (nSPS) is 10.2. The summed E-state index contributed by atoms with van der Waals surface area (Å²) in [5.41, 5.74) is 1.27. The molecule has 122 valence electrons. The summed E-state index contributed by atoms with van der Waals surface area (Å²) >= 11 is 5.67. The lowest BCUT2D eigenvalue weighted by Gasteiger charge is -2.10. The summed E-state index contributed by atoms with van der Waals surface area (Å²) in [6.45, 7) is 0.467. The molecule has 0 atom stereocenters. The molecule has 0 aliphatic heterocycles. The highest BCUT2D eigenvalue weighted by molar-refractivity contribution is 6.30. The van der Waals surface area contributed by atoms with Gasteiger partial charge in [-0.3, -0.25) is 4.79 Å². The number of anilines is 1. The van der Waals surface area contributed by atoms with Gasteiger partial charge < -0.3 is 15.4 Å². The minimum atomic E-state index is -0.487. The van der Waals surface area contributed by atoms with Crippen molar-refractivity contribution in [1.29, 1.82) is 0 Å². The minimum Gasteiger partial charge on any atom is -0.496 e. The van der Waals surface area contributed by atoms with E-state index in [1.807, 2.05) is 24.3 Å². The number of amides is 1. The van der Waals surface area contributed by atoms with E-state index >= 15 is 0 Å². The monoisotopic (exact) mass is 336 g/mol. The first kappa shape index (κ1) is 17.1. The zero-order chi connectivity index (χ0) is 16.7. The summed E-state index contributed by atoms with van der Waals surface area (Å²) in [7, 11) is 1.61. The molecule has 0 heterocycles. The molecule has 23 heavy (non-hydrogen) atoms. The number of ether oxygens (including phenoxy) is 1. The molecule has 0 unspecified atom stereocenters. The van der Waals surface area contributed by atoms with E-state index in [9.17, 15) is 9.18 Å². The van der Waals surface area contributed by atoms with Crippen molar-refractivity contribution in [3.8, 4) is 5.75 Å². The molecule has 0 spiro atoms. The molecular weight excluding hydrogens is 319 g/mol.